The van der Waals surface area contributed by atoms with E-state index in [1.807, 2.05) is 0 Å². The number of hydrogen-bond donors (Lipinski definition) is 2. The Hall–Kier alpha value is -3.15. The maximum atomic E-state index is 12.1. The molecule has 0 atom stereocenters. The van der Waals surface area contributed by atoms with Gasteiger partial charge in [-0.05, 0) is 35.9 Å². The molecule has 0 bridgehead atoms. The van der Waals surface area contributed by atoms with Crippen LogP contribution in [0.4, 0.5) is 0 Å². The molecule has 6 heteroatoms. The van der Waals surface area contributed by atoms with Gasteiger partial charge in [0.05, 0.1) is 5.56 Å². The zero-order valence-corrected chi connectivity index (χ0v) is 12.4. The molecule has 118 valence electrons. The SMILES string of the molecule is CC(=O)Oc1cccc(C(=O)NCc2cccc(C(=O)O)c2)c1. The van der Waals surface area contributed by atoms with Crippen molar-refractivity contribution in [2.45, 2.75) is 13.5 Å². The first-order valence-corrected chi connectivity index (χ1v) is 6.84. The molecule has 1 amide bonds. The normalized spacial score (nSPS) is 9.96. The smallest absolute Gasteiger partial charge is 0.335 e. The first-order valence-electron chi connectivity index (χ1n) is 6.84. The summed E-state index contributed by atoms with van der Waals surface area (Å²) in [6.07, 6.45) is 0. The highest BCUT2D eigenvalue weighted by Crippen LogP contribution is 2.14. The Balaban J connectivity index is 2.03. The van der Waals surface area contributed by atoms with Crippen LogP contribution >= 0.6 is 0 Å². The van der Waals surface area contributed by atoms with Crippen LogP contribution in [0.2, 0.25) is 0 Å². The maximum Gasteiger partial charge on any atom is 0.335 e. The van der Waals surface area contributed by atoms with E-state index in [4.69, 9.17) is 9.84 Å². The van der Waals surface area contributed by atoms with E-state index in [1.165, 1.54) is 25.1 Å². The molecule has 2 N–H and O–H groups in total. The van der Waals surface area contributed by atoms with E-state index in [0.29, 0.717) is 11.1 Å². The third-order valence-electron chi connectivity index (χ3n) is 2.98. The molecule has 0 spiro atoms. The molecule has 0 fully saturated rings. The number of carbonyl (C=O) groups excluding carboxylic acids is 2. The van der Waals surface area contributed by atoms with Crippen LogP contribution in [0.5, 0.6) is 5.75 Å². The minimum atomic E-state index is -1.02. The van der Waals surface area contributed by atoms with Crippen molar-refractivity contribution in [1.29, 1.82) is 0 Å². The Morgan fingerprint density at radius 1 is 1.04 bits per heavy atom. The summed E-state index contributed by atoms with van der Waals surface area (Å²) in [5, 5.41) is 11.6. The van der Waals surface area contributed by atoms with E-state index in [0.717, 1.165) is 0 Å². The third-order valence-corrected chi connectivity index (χ3v) is 2.98. The minimum absolute atomic E-state index is 0.161. The molecule has 23 heavy (non-hydrogen) atoms. The molecule has 2 aromatic rings. The summed E-state index contributed by atoms with van der Waals surface area (Å²) in [7, 11) is 0. The van der Waals surface area contributed by atoms with E-state index >= 15 is 0 Å². The number of ether oxygens (including phenoxy) is 1. The van der Waals surface area contributed by atoms with Gasteiger partial charge in [0, 0.05) is 19.0 Å². The van der Waals surface area contributed by atoms with Gasteiger partial charge in [-0.25, -0.2) is 4.79 Å². The summed E-state index contributed by atoms with van der Waals surface area (Å²) >= 11 is 0. The van der Waals surface area contributed by atoms with Gasteiger partial charge in [0.1, 0.15) is 5.75 Å². The molecule has 0 aliphatic heterocycles. The molecular formula is C17H15NO5. The van der Waals surface area contributed by atoms with Crippen molar-refractivity contribution in [2.24, 2.45) is 0 Å². The second kappa shape index (κ2) is 7.22. The molecular weight excluding hydrogens is 298 g/mol. The predicted molar refractivity (Wildman–Crippen MR) is 82.3 cm³/mol. The number of nitrogens with one attached hydrogen (secondary N) is 1. The van der Waals surface area contributed by atoms with Gasteiger partial charge >= 0.3 is 11.9 Å². The number of carbonyl (C=O) groups is 3. The summed E-state index contributed by atoms with van der Waals surface area (Å²) in [6.45, 7) is 1.47. The van der Waals surface area contributed by atoms with Crippen molar-refractivity contribution < 1.29 is 24.2 Å². The van der Waals surface area contributed by atoms with Gasteiger partial charge in [-0.15, -0.1) is 0 Å². The number of hydrogen-bond acceptors (Lipinski definition) is 4. The van der Waals surface area contributed by atoms with Gasteiger partial charge in [0.25, 0.3) is 5.91 Å². The predicted octanol–water partition coefficient (Wildman–Crippen LogP) is 2.24. The molecule has 0 saturated carbocycles. The summed E-state index contributed by atoms with van der Waals surface area (Å²) < 4.78 is 4.93. The Bertz CT molecular complexity index is 754. The van der Waals surface area contributed by atoms with Gasteiger partial charge < -0.3 is 15.2 Å². The van der Waals surface area contributed by atoms with Crippen molar-refractivity contribution >= 4 is 17.8 Å². The number of amides is 1. The topological polar surface area (TPSA) is 92.7 Å². The van der Waals surface area contributed by atoms with Crippen LogP contribution in [0.15, 0.2) is 48.5 Å². The number of benzene rings is 2. The highest BCUT2D eigenvalue weighted by Gasteiger charge is 2.09. The minimum Gasteiger partial charge on any atom is -0.478 e. The Labute approximate surface area is 132 Å². The van der Waals surface area contributed by atoms with Crippen LogP contribution < -0.4 is 10.1 Å². The summed E-state index contributed by atoms with van der Waals surface area (Å²) in [4.78, 5) is 33.9. The van der Waals surface area contributed by atoms with Gasteiger partial charge in [0.15, 0.2) is 0 Å². The summed E-state index contributed by atoms with van der Waals surface area (Å²) in [6, 6.07) is 12.6. The van der Waals surface area contributed by atoms with E-state index in [2.05, 4.69) is 5.32 Å². The molecule has 0 unspecified atom stereocenters. The molecule has 0 aliphatic rings. The lowest BCUT2D eigenvalue weighted by atomic mass is 10.1. The average Bonchev–Trinajstić information content (AvgIpc) is 2.52. The fraction of sp³-hybridized carbons (Fsp3) is 0.118. The zero-order chi connectivity index (χ0) is 16.8. The molecule has 0 aliphatic carbocycles. The maximum absolute atomic E-state index is 12.1. The average molecular weight is 313 g/mol. The number of carboxylic acid groups (broad SMARTS) is 1. The lowest BCUT2D eigenvalue weighted by molar-refractivity contribution is -0.131. The van der Waals surface area contributed by atoms with Crippen molar-refractivity contribution in [3.05, 3.63) is 65.2 Å². The number of aromatic carboxylic acids is 1. The number of carboxylic acids is 1. The van der Waals surface area contributed by atoms with E-state index in [-0.39, 0.29) is 23.8 Å². The third kappa shape index (κ3) is 4.67. The van der Waals surface area contributed by atoms with Crippen LogP contribution in [-0.4, -0.2) is 23.0 Å². The highest BCUT2D eigenvalue weighted by molar-refractivity contribution is 5.94. The van der Waals surface area contributed by atoms with Gasteiger partial charge in [-0.2, -0.15) is 0 Å². The molecule has 0 saturated heterocycles. The highest BCUT2D eigenvalue weighted by atomic mass is 16.5. The molecule has 0 aromatic heterocycles. The molecule has 6 nitrogen and oxygen atoms in total. The first-order chi connectivity index (χ1) is 11.0. The fourth-order valence-corrected chi connectivity index (χ4v) is 1.97. The lowest BCUT2D eigenvalue weighted by Gasteiger charge is -2.07. The number of esters is 1. The van der Waals surface area contributed by atoms with Crippen molar-refractivity contribution in [1.82, 2.24) is 5.32 Å². The van der Waals surface area contributed by atoms with Crippen LogP contribution in [0.25, 0.3) is 0 Å². The molecule has 2 rings (SSSR count). The largest absolute Gasteiger partial charge is 0.478 e. The monoisotopic (exact) mass is 313 g/mol. The van der Waals surface area contributed by atoms with Gasteiger partial charge in [0.2, 0.25) is 0 Å². The quantitative estimate of drug-likeness (QED) is 0.652. The van der Waals surface area contributed by atoms with Crippen LogP contribution in [0.3, 0.4) is 0 Å². The van der Waals surface area contributed by atoms with Crippen LogP contribution in [0, 0.1) is 0 Å². The van der Waals surface area contributed by atoms with Gasteiger partial charge in [-0.3, -0.25) is 9.59 Å². The molecule has 0 radical (unpaired) electrons. The lowest BCUT2D eigenvalue weighted by Crippen LogP contribution is -2.23. The Kier molecular flexibility index (Phi) is 5.09. The summed E-state index contributed by atoms with van der Waals surface area (Å²) in [5.41, 5.74) is 1.18. The number of rotatable bonds is 5. The zero-order valence-electron chi connectivity index (χ0n) is 12.4. The Morgan fingerprint density at radius 3 is 2.43 bits per heavy atom. The second-order valence-corrected chi connectivity index (χ2v) is 4.81. The van der Waals surface area contributed by atoms with Crippen molar-refractivity contribution in [2.75, 3.05) is 0 Å². The fourth-order valence-electron chi connectivity index (χ4n) is 1.97. The van der Waals surface area contributed by atoms with E-state index in [9.17, 15) is 14.4 Å². The molecule has 0 heterocycles. The van der Waals surface area contributed by atoms with E-state index < -0.39 is 11.9 Å². The molecule has 2 aromatic carbocycles. The van der Waals surface area contributed by atoms with Gasteiger partial charge in [-0.1, -0.05) is 18.2 Å². The first kappa shape index (κ1) is 16.2. The Morgan fingerprint density at radius 2 is 1.74 bits per heavy atom. The van der Waals surface area contributed by atoms with E-state index in [1.54, 1.807) is 30.3 Å². The van der Waals surface area contributed by atoms with Crippen LogP contribution in [0.1, 0.15) is 33.2 Å². The standard InChI is InChI=1S/C17H15NO5/c1-11(19)23-15-7-3-5-13(9-15)16(20)18-10-12-4-2-6-14(8-12)17(21)22/h2-9H,10H2,1H3,(H,18,20)(H,21,22). The second-order valence-electron chi connectivity index (χ2n) is 4.81. The van der Waals surface area contributed by atoms with Crippen molar-refractivity contribution in [3.8, 4) is 5.75 Å². The van der Waals surface area contributed by atoms with Crippen LogP contribution in [-0.2, 0) is 11.3 Å². The van der Waals surface area contributed by atoms with Crippen molar-refractivity contribution in [3.63, 3.8) is 0 Å². The summed E-state index contributed by atoms with van der Waals surface area (Å²) in [5.74, 6) is -1.54.